The van der Waals surface area contributed by atoms with Gasteiger partial charge in [-0.2, -0.15) is 5.10 Å². The van der Waals surface area contributed by atoms with Crippen molar-refractivity contribution in [3.63, 3.8) is 0 Å². The first-order valence-electron chi connectivity index (χ1n) is 11.8. The lowest BCUT2D eigenvalue weighted by atomic mass is 10.0. The Morgan fingerprint density at radius 3 is 2.62 bits per heavy atom. The summed E-state index contributed by atoms with van der Waals surface area (Å²) in [4.78, 5) is 26.3. The molecule has 170 valence electrons. The number of aryl methyl sites for hydroxylation is 1. The number of carbonyl (C=O) groups excluding carboxylic acids is 1. The number of ketones is 1. The predicted molar refractivity (Wildman–Crippen MR) is 127 cm³/mol. The van der Waals surface area contributed by atoms with Crippen LogP contribution in [0.1, 0.15) is 44.6 Å². The fourth-order valence-corrected chi connectivity index (χ4v) is 4.46. The fourth-order valence-electron chi connectivity index (χ4n) is 4.46. The van der Waals surface area contributed by atoms with Crippen molar-refractivity contribution in [3.8, 4) is 11.1 Å². The number of likely N-dealkylation sites (tertiary alicyclic amines) is 1. The zero-order valence-corrected chi connectivity index (χ0v) is 19.5. The van der Waals surface area contributed by atoms with E-state index in [0.29, 0.717) is 12.4 Å². The van der Waals surface area contributed by atoms with Crippen LogP contribution in [0.4, 0.5) is 0 Å². The van der Waals surface area contributed by atoms with Gasteiger partial charge in [0.1, 0.15) is 5.82 Å². The maximum absolute atomic E-state index is 12.5. The molecule has 0 saturated carbocycles. The van der Waals surface area contributed by atoms with Gasteiger partial charge in [0.2, 0.25) is 0 Å². The average molecular weight is 435 g/mol. The minimum absolute atomic E-state index is 0.153. The number of carbonyl (C=O) groups is 1. The molecule has 0 amide bonds. The zero-order chi connectivity index (χ0) is 22.5. The Bertz CT molecular complexity index is 1070. The lowest BCUT2D eigenvalue weighted by Gasteiger charge is -2.26. The third-order valence-electron chi connectivity index (χ3n) is 6.48. The Hall–Kier alpha value is -2.64. The van der Waals surface area contributed by atoms with Crippen LogP contribution in [0.2, 0.25) is 0 Å². The van der Waals surface area contributed by atoms with Gasteiger partial charge in [0, 0.05) is 30.7 Å². The summed E-state index contributed by atoms with van der Waals surface area (Å²) >= 11 is 0. The van der Waals surface area contributed by atoms with Crippen molar-refractivity contribution in [2.24, 2.45) is 7.05 Å². The van der Waals surface area contributed by atoms with Gasteiger partial charge in [-0.25, -0.2) is 9.97 Å². The monoisotopic (exact) mass is 434 g/mol. The van der Waals surface area contributed by atoms with E-state index in [1.807, 2.05) is 24.1 Å². The second-order valence-electron chi connectivity index (χ2n) is 8.70. The summed E-state index contributed by atoms with van der Waals surface area (Å²) in [5.41, 5.74) is 4.36. The van der Waals surface area contributed by atoms with E-state index >= 15 is 0 Å². The van der Waals surface area contributed by atoms with Gasteiger partial charge in [0.05, 0.1) is 30.4 Å². The Labute approximate surface area is 190 Å². The van der Waals surface area contributed by atoms with Gasteiger partial charge in [-0.3, -0.25) is 19.3 Å². The number of rotatable bonds is 9. The van der Waals surface area contributed by atoms with E-state index in [9.17, 15) is 4.79 Å². The molecule has 0 unspecified atom stereocenters. The molecule has 0 N–H and O–H groups in total. The molecular formula is C25H34N6O. The van der Waals surface area contributed by atoms with Crippen molar-refractivity contribution >= 4 is 16.7 Å². The van der Waals surface area contributed by atoms with Crippen molar-refractivity contribution in [3.05, 3.63) is 42.1 Å². The summed E-state index contributed by atoms with van der Waals surface area (Å²) in [6, 6.07) is 6.28. The summed E-state index contributed by atoms with van der Waals surface area (Å²) in [7, 11) is 2.02. The van der Waals surface area contributed by atoms with Crippen LogP contribution in [-0.4, -0.2) is 68.1 Å². The van der Waals surface area contributed by atoms with Crippen molar-refractivity contribution < 1.29 is 4.79 Å². The van der Waals surface area contributed by atoms with E-state index in [1.165, 1.54) is 25.0 Å². The molecule has 2 aromatic heterocycles. The molecule has 1 saturated heterocycles. The minimum atomic E-state index is 0.153. The average Bonchev–Trinajstić information content (AvgIpc) is 3.17. The van der Waals surface area contributed by atoms with Gasteiger partial charge in [0.25, 0.3) is 0 Å². The maximum Gasteiger partial charge on any atom is 0.154 e. The first kappa shape index (κ1) is 22.6. The quantitative estimate of drug-likeness (QED) is 0.514. The Morgan fingerprint density at radius 2 is 1.88 bits per heavy atom. The summed E-state index contributed by atoms with van der Waals surface area (Å²) in [5.74, 6) is 0.742. The maximum atomic E-state index is 12.5. The van der Waals surface area contributed by atoms with Gasteiger partial charge in [-0.05, 0) is 50.7 Å². The first-order chi connectivity index (χ1) is 15.6. The first-order valence-corrected chi connectivity index (χ1v) is 11.8. The SMILES string of the molecule is CCN(CC)CC(=O)Cc1ncc2ccc(-c3cnn(C)c3CN3CCCCC3)cc2n1. The van der Waals surface area contributed by atoms with Crippen LogP contribution in [-0.2, 0) is 24.8 Å². The van der Waals surface area contributed by atoms with Crippen LogP contribution in [0.25, 0.3) is 22.0 Å². The third kappa shape index (κ3) is 5.22. The minimum Gasteiger partial charge on any atom is -0.298 e. The Balaban J connectivity index is 1.56. The van der Waals surface area contributed by atoms with Gasteiger partial charge in [-0.15, -0.1) is 0 Å². The molecule has 1 aliphatic heterocycles. The molecule has 1 fully saturated rings. The number of benzene rings is 1. The summed E-state index contributed by atoms with van der Waals surface area (Å²) < 4.78 is 1.99. The summed E-state index contributed by atoms with van der Waals surface area (Å²) in [6.07, 6.45) is 7.93. The normalized spacial score (nSPS) is 15.0. The number of hydrogen-bond donors (Lipinski definition) is 0. The van der Waals surface area contributed by atoms with Crippen molar-refractivity contribution in [2.75, 3.05) is 32.7 Å². The Kier molecular flexibility index (Phi) is 7.27. The highest BCUT2D eigenvalue weighted by Crippen LogP contribution is 2.28. The van der Waals surface area contributed by atoms with E-state index in [2.05, 4.69) is 51.9 Å². The number of aromatic nitrogens is 4. The molecule has 7 nitrogen and oxygen atoms in total. The molecule has 0 atom stereocenters. The topological polar surface area (TPSA) is 67.2 Å². The molecule has 3 heterocycles. The molecule has 32 heavy (non-hydrogen) atoms. The van der Waals surface area contributed by atoms with Gasteiger partial charge >= 0.3 is 0 Å². The largest absolute Gasteiger partial charge is 0.298 e. The van der Waals surface area contributed by atoms with Crippen molar-refractivity contribution in [1.82, 2.24) is 29.5 Å². The van der Waals surface area contributed by atoms with Crippen LogP contribution in [0, 0.1) is 0 Å². The highest BCUT2D eigenvalue weighted by molar-refractivity contribution is 5.85. The van der Waals surface area contributed by atoms with Gasteiger partial charge < -0.3 is 0 Å². The summed E-state index contributed by atoms with van der Waals surface area (Å²) in [6.45, 7) is 9.55. The molecule has 0 aliphatic carbocycles. The standard InChI is InChI=1S/C25H34N6O/c1-4-30(5-2)17-21(32)14-25-26-15-20-10-9-19(13-23(20)28-25)22-16-27-29(3)24(22)18-31-11-7-6-8-12-31/h9-10,13,15-16H,4-8,11-12,14,17-18H2,1-3H3. The summed E-state index contributed by atoms with van der Waals surface area (Å²) in [5, 5.41) is 5.53. The van der Waals surface area contributed by atoms with Crippen LogP contribution in [0.15, 0.2) is 30.6 Å². The van der Waals surface area contributed by atoms with E-state index in [1.54, 1.807) is 0 Å². The van der Waals surface area contributed by atoms with Gasteiger partial charge in [0.15, 0.2) is 5.78 Å². The smallest absolute Gasteiger partial charge is 0.154 e. The number of hydrogen-bond acceptors (Lipinski definition) is 6. The number of piperidine rings is 1. The molecule has 1 aliphatic rings. The highest BCUT2D eigenvalue weighted by atomic mass is 16.1. The molecule has 4 rings (SSSR count). The molecule has 7 heteroatoms. The predicted octanol–water partition coefficient (Wildman–Crippen LogP) is 3.47. The van der Waals surface area contributed by atoms with Gasteiger partial charge in [-0.1, -0.05) is 32.4 Å². The van der Waals surface area contributed by atoms with Crippen LogP contribution >= 0.6 is 0 Å². The van der Waals surface area contributed by atoms with E-state index < -0.39 is 0 Å². The Morgan fingerprint density at radius 1 is 1.09 bits per heavy atom. The highest BCUT2D eigenvalue weighted by Gasteiger charge is 2.17. The number of Topliss-reactive ketones (excluding diaryl/α,β-unsaturated/α-hetero) is 1. The molecule has 3 aromatic rings. The van der Waals surface area contributed by atoms with Crippen molar-refractivity contribution in [1.29, 1.82) is 0 Å². The fraction of sp³-hybridized carbons (Fsp3) is 0.520. The lowest BCUT2D eigenvalue weighted by molar-refractivity contribution is -0.119. The number of likely N-dealkylation sites (N-methyl/N-ethyl adjacent to an activating group) is 1. The van der Waals surface area contributed by atoms with Crippen LogP contribution in [0.5, 0.6) is 0 Å². The molecule has 1 aromatic carbocycles. The number of fused-ring (bicyclic) bond motifs is 1. The molecular weight excluding hydrogens is 400 g/mol. The van der Waals surface area contributed by atoms with E-state index in [4.69, 9.17) is 4.98 Å². The number of nitrogens with zero attached hydrogens (tertiary/aromatic N) is 6. The molecule has 0 spiro atoms. The van der Waals surface area contributed by atoms with E-state index in [-0.39, 0.29) is 12.2 Å². The third-order valence-corrected chi connectivity index (χ3v) is 6.48. The second-order valence-corrected chi connectivity index (χ2v) is 8.70. The second kappa shape index (κ2) is 10.3. The van der Waals surface area contributed by atoms with Crippen LogP contribution in [0.3, 0.4) is 0 Å². The van der Waals surface area contributed by atoms with Crippen molar-refractivity contribution in [2.45, 2.75) is 46.1 Å². The lowest BCUT2D eigenvalue weighted by Crippen LogP contribution is -2.30. The van der Waals surface area contributed by atoms with E-state index in [0.717, 1.165) is 54.8 Å². The molecule has 0 bridgehead atoms. The van der Waals surface area contributed by atoms with Crippen LogP contribution < -0.4 is 0 Å². The zero-order valence-electron chi connectivity index (χ0n) is 19.5. The molecule has 0 radical (unpaired) electrons.